The summed E-state index contributed by atoms with van der Waals surface area (Å²) in [6.45, 7) is 3.21. The predicted molar refractivity (Wildman–Crippen MR) is 109 cm³/mol. The van der Waals surface area contributed by atoms with E-state index < -0.39 is 45.0 Å². The average Bonchev–Trinajstić information content (AvgIpc) is 2.91. The summed E-state index contributed by atoms with van der Waals surface area (Å²) in [5.41, 5.74) is -1.97. The van der Waals surface area contributed by atoms with Gasteiger partial charge in [-0.3, -0.25) is 13.8 Å². The van der Waals surface area contributed by atoms with Crippen molar-refractivity contribution >= 4 is 21.7 Å². The Hall–Kier alpha value is -1.35. The van der Waals surface area contributed by atoms with E-state index in [-0.39, 0.29) is 36.4 Å². The van der Waals surface area contributed by atoms with E-state index in [0.29, 0.717) is 6.42 Å². The van der Waals surface area contributed by atoms with Crippen molar-refractivity contribution in [2.75, 3.05) is 12.9 Å². The maximum absolute atomic E-state index is 12.9. The van der Waals surface area contributed by atoms with E-state index in [9.17, 15) is 28.2 Å². The second kappa shape index (κ2) is 6.82. The lowest BCUT2D eigenvalue weighted by molar-refractivity contribution is -0.177. The molecular formula is C22H30O7S. The highest BCUT2D eigenvalue weighted by molar-refractivity contribution is 7.86. The molecule has 3 fully saturated rings. The zero-order valence-corrected chi connectivity index (χ0v) is 18.4. The third-order valence-electron chi connectivity index (χ3n) is 8.51. The molecule has 0 heterocycles. The number of aliphatic hydroxyl groups is 2. The number of carbonyl (C=O) groups excluding carboxylic acids is 2. The highest BCUT2D eigenvalue weighted by Crippen LogP contribution is 2.67. The van der Waals surface area contributed by atoms with E-state index in [2.05, 4.69) is 11.1 Å². The number of carbonyl (C=O) groups is 2. The number of allylic oxidation sites excluding steroid dienone is 4. The summed E-state index contributed by atoms with van der Waals surface area (Å²) in [5.74, 6) is -0.652. The molecule has 4 aliphatic rings. The van der Waals surface area contributed by atoms with Crippen LogP contribution in [0.4, 0.5) is 0 Å². The number of aliphatic hydroxyl groups excluding tert-OH is 1. The molecule has 3 saturated carbocycles. The van der Waals surface area contributed by atoms with Gasteiger partial charge in [0.05, 0.1) is 12.4 Å². The SMILES string of the molecule is CC12C=CC(=O)C=C1CCC1C2C(O)CC2(C)C1CC[C@@]2(O)C(=O)COS(C)(=O)=O. The van der Waals surface area contributed by atoms with Crippen LogP contribution in [0, 0.1) is 28.6 Å². The number of hydrogen-bond donors (Lipinski definition) is 2. The van der Waals surface area contributed by atoms with Crippen molar-refractivity contribution in [3.8, 4) is 0 Å². The minimum atomic E-state index is -3.80. The fourth-order valence-electron chi connectivity index (χ4n) is 7.07. The fraction of sp³-hybridized carbons (Fsp3) is 0.727. The minimum absolute atomic E-state index is 0.0162. The second-order valence-electron chi connectivity index (χ2n) is 10.0. The first-order chi connectivity index (χ1) is 13.8. The van der Waals surface area contributed by atoms with E-state index >= 15 is 0 Å². The zero-order chi connectivity index (χ0) is 22.1. The first kappa shape index (κ1) is 21.9. The van der Waals surface area contributed by atoms with Gasteiger partial charge in [-0.05, 0) is 56.1 Å². The van der Waals surface area contributed by atoms with E-state index in [1.54, 1.807) is 12.2 Å². The molecular weight excluding hydrogens is 408 g/mol. The van der Waals surface area contributed by atoms with Crippen molar-refractivity contribution in [2.45, 2.75) is 57.7 Å². The molecule has 0 radical (unpaired) electrons. The maximum atomic E-state index is 12.9. The van der Waals surface area contributed by atoms with Crippen molar-refractivity contribution in [3.63, 3.8) is 0 Å². The summed E-state index contributed by atoms with van der Waals surface area (Å²) in [6.07, 6.45) is 7.92. The molecule has 0 aliphatic heterocycles. The van der Waals surface area contributed by atoms with Gasteiger partial charge in [0, 0.05) is 16.7 Å². The molecule has 6 unspecified atom stereocenters. The van der Waals surface area contributed by atoms with Crippen molar-refractivity contribution in [1.29, 1.82) is 0 Å². The molecule has 4 aliphatic carbocycles. The van der Waals surface area contributed by atoms with Crippen LogP contribution in [-0.4, -0.2) is 54.8 Å². The zero-order valence-electron chi connectivity index (χ0n) is 17.6. The normalized spacial score (nSPS) is 45.4. The van der Waals surface area contributed by atoms with Gasteiger partial charge in [-0.25, -0.2) is 0 Å². The number of Topliss-reactive ketones (excluding diaryl/α,β-unsaturated/α-hetero) is 1. The third kappa shape index (κ3) is 3.06. The first-order valence-electron chi connectivity index (χ1n) is 10.5. The van der Waals surface area contributed by atoms with Crippen molar-refractivity contribution in [3.05, 3.63) is 23.8 Å². The van der Waals surface area contributed by atoms with Crippen LogP contribution >= 0.6 is 0 Å². The molecule has 0 saturated heterocycles. The lowest BCUT2D eigenvalue weighted by Gasteiger charge is -2.59. The Morgan fingerprint density at radius 3 is 2.67 bits per heavy atom. The number of hydrogen-bond acceptors (Lipinski definition) is 7. The molecule has 2 N–H and O–H groups in total. The van der Waals surface area contributed by atoms with Crippen LogP contribution in [0.2, 0.25) is 0 Å². The molecule has 0 amide bonds. The van der Waals surface area contributed by atoms with Crippen LogP contribution in [0.1, 0.15) is 46.0 Å². The standard InChI is InChI=1S/C22H30O7S/c1-20-8-6-14(23)10-13(20)4-5-15-16-7-9-22(26,18(25)12-29-30(3,27)28)21(16,2)11-17(24)19(15)20/h6,8,10,15-17,19,24,26H,4-5,7,9,11-12H2,1-3H3/t15?,16?,17?,19?,20?,21?,22-/m1/s1. The maximum Gasteiger partial charge on any atom is 0.264 e. The summed E-state index contributed by atoms with van der Waals surface area (Å²) < 4.78 is 27.3. The summed E-state index contributed by atoms with van der Waals surface area (Å²) in [6, 6.07) is 0. The Kier molecular flexibility index (Phi) is 4.97. The van der Waals surface area contributed by atoms with Gasteiger partial charge in [0.2, 0.25) is 0 Å². The number of rotatable bonds is 4. The Balaban J connectivity index is 1.66. The molecule has 8 heteroatoms. The molecule has 7 nitrogen and oxygen atoms in total. The van der Waals surface area contributed by atoms with Crippen LogP contribution in [0.5, 0.6) is 0 Å². The summed E-state index contributed by atoms with van der Waals surface area (Å²) in [4.78, 5) is 24.8. The molecule has 0 aromatic carbocycles. The summed E-state index contributed by atoms with van der Waals surface area (Å²) >= 11 is 0. The molecule has 0 aromatic rings. The van der Waals surface area contributed by atoms with E-state index in [1.807, 2.05) is 13.0 Å². The molecule has 4 rings (SSSR count). The minimum Gasteiger partial charge on any atom is -0.393 e. The monoisotopic (exact) mass is 438 g/mol. The Morgan fingerprint density at radius 1 is 1.30 bits per heavy atom. The van der Waals surface area contributed by atoms with E-state index in [1.165, 1.54) is 0 Å². The molecule has 0 aromatic heterocycles. The van der Waals surface area contributed by atoms with Gasteiger partial charge in [0.25, 0.3) is 10.1 Å². The van der Waals surface area contributed by atoms with Gasteiger partial charge in [-0.2, -0.15) is 8.42 Å². The van der Waals surface area contributed by atoms with Crippen molar-refractivity contribution in [1.82, 2.24) is 0 Å². The van der Waals surface area contributed by atoms with Gasteiger partial charge in [-0.1, -0.05) is 25.5 Å². The number of fused-ring (bicyclic) bond motifs is 5. The van der Waals surface area contributed by atoms with Crippen LogP contribution in [0.25, 0.3) is 0 Å². The topological polar surface area (TPSA) is 118 Å². The lowest BCUT2D eigenvalue weighted by atomic mass is 9.46. The van der Waals surface area contributed by atoms with Crippen molar-refractivity contribution < 1.29 is 32.4 Å². The highest BCUT2D eigenvalue weighted by atomic mass is 32.2. The largest absolute Gasteiger partial charge is 0.393 e. The summed E-state index contributed by atoms with van der Waals surface area (Å²) in [5, 5.41) is 22.7. The quantitative estimate of drug-likeness (QED) is 0.639. The predicted octanol–water partition coefficient (Wildman–Crippen LogP) is 1.54. The highest BCUT2D eigenvalue weighted by Gasteiger charge is 2.68. The van der Waals surface area contributed by atoms with E-state index in [4.69, 9.17) is 0 Å². The first-order valence-corrected chi connectivity index (χ1v) is 12.4. The van der Waals surface area contributed by atoms with Gasteiger partial charge >= 0.3 is 0 Å². The number of ketones is 2. The van der Waals surface area contributed by atoms with Crippen LogP contribution < -0.4 is 0 Å². The molecule has 0 bridgehead atoms. The van der Waals surface area contributed by atoms with Crippen molar-refractivity contribution in [2.24, 2.45) is 28.6 Å². The van der Waals surface area contributed by atoms with Crippen LogP contribution in [-0.2, 0) is 23.9 Å². The van der Waals surface area contributed by atoms with Crippen LogP contribution in [0.3, 0.4) is 0 Å². The fourth-order valence-corrected chi connectivity index (χ4v) is 7.39. The van der Waals surface area contributed by atoms with E-state index in [0.717, 1.165) is 24.7 Å². The van der Waals surface area contributed by atoms with Gasteiger partial charge in [0.1, 0.15) is 12.2 Å². The third-order valence-corrected chi connectivity index (χ3v) is 9.06. The summed E-state index contributed by atoms with van der Waals surface area (Å²) in [7, 11) is -3.80. The Morgan fingerprint density at radius 2 is 2.00 bits per heavy atom. The average molecular weight is 439 g/mol. The van der Waals surface area contributed by atoms with Crippen LogP contribution in [0.15, 0.2) is 23.8 Å². The molecule has 166 valence electrons. The smallest absolute Gasteiger partial charge is 0.264 e. The Labute approximate surface area is 177 Å². The molecule has 0 spiro atoms. The van der Waals surface area contributed by atoms with Gasteiger partial charge in [0.15, 0.2) is 11.6 Å². The Bertz CT molecular complexity index is 951. The molecule has 30 heavy (non-hydrogen) atoms. The van der Waals surface area contributed by atoms with Gasteiger partial charge in [-0.15, -0.1) is 0 Å². The lowest BCUT2D eigenvalue weighted by Crippen LogP contribution is -2.61. The molecule has 7 atom stereocenters. The van der Waals surface area contributed by atoms with Gasteiger partial charge < -0.3 is 10.2 Å². The second-order valence-corrected chi connectivity index (χ2v) is 11.6.